The van der Waals surface area contributed by atoms with Crippen LogP contribution in [0.3, 0.4) is 0 Å². The molecule has 11 heteroatoms. The second-order valence-corrected chi connectivity index (χ2v) is 8.29. The number of amides is 1. The van der Waals surface area contributed by atoms with Crippen LogP contribution in [0.15, 0.2) is 46.9 Å². The highest BCUT2D eigenvalue weighted by atomic mass is 79.9. The van der Waals surface area contributed by atoms with Crippen LogP contribution in [-0.4, -0.2) is 27.5 Å². The molecule has 0 atom stereocenters. The van der Waals surface area contributed by atoms with Crippen LogP contribution >= 0.6 is 39.1 Å². The van der Waals surface area contributed by atoms with Gasteiger partial charge in [-0.3, -0.25) is 4.79 Å². The van der Waals surface area contributed by atoms with Crippen LogP contribution in [0, 0.1) is 5.82 Å². The summed E-state index contributed by atoms with van der Waals surface area (Å²) in [6, 6.07) is 11.0. The quantitative estimate of drug-likeness (QED) is 0.258. The van der Waals surface area contributed by atoms with E-state index < -0.39 is 5.82 Å². The van der Waals surface area contributed by atoms with Gasteiger partial charge < -0.3 is 20.4 Å². The number of hydrogen-bond acceptors (Lipinski definition) is 5. The molecule has 164 valence electrons. The van der Waals surface area contributed by atoms with Crippen molar-refractivity contribution in [3.63, 3.8) is 0 Å². The number of nitrogens with zero attached hydrogens (tertiary/aromatic N) is 2. The molecule has 2 aromatic heterocycles. The van der Waals surface area contributed by atoms with Gasteiger partial charge in [0.05, 0.1) is 27.9 Å². The number of imidazole rings is 1. The Morgan fingerprint density at radius 2 is 1.84 bits per heavy atom. The Kier molecular flexibility index (Phi) is 6.50. The Bertz CT molecular complexity index is 1290. The minimum absolute atomic E-state index is 0.0907. The first kappa shape index (κ1) is 22.3. The van der Waals surface area contributed by atoms with E-state index in [0.29, 0.717) is 23.5 Å². The molecule has 2 heterocycles. The maximum Gasteiger partial charge on any atom is 0.261 e. The van der Waals surface area contributed by atoms with E-state index in [1.165, 1.54) is 0 Å². The number of H-pyrrole nitrogens is 1. The third-order valence-corrected chi connectivity index (χ3v) is 5.44. The summed E-state index contributed by atoms with van der Waals surface area (Å²) in [6.07, 6.45) is 0. The largest absolute Gasteiger partial charge is 0.477 e. The molecule has 0 aliphatic carbocycles. The third-order valence-electron chi connectivity index (χ3n) is 4.32. The van der Waals surface area contributed by atoms with E-state index in [-0.39, 0.29) is 39.0 Å². The van der Waals surface area contributed by atoms with Crippen LogP contribution in [0.1, 0.15) is 17.3 Å². The molecule has 0 fully saturated rings. The molecule has 0 aliphatic rings. The zero-order chi connectivity index (χ0) is 22.8. The van der Waals surface area contributed by atoms with E-state index in [4.69, 9.17) is 27.9 Å². The van der Waals surface area contributed by atoms with Gasteiger partial charge in [-0.25, -0.2) is 4.39 Å². The van der Waals surface area contributed by atoms with Gasteiger partial charge in [-0.2, -0.15) is 9.97 Å². The summed E-state index contributed by atoms with van der Waals surface area (Å²) < 4.78 is 19.9. The van der Waals surface area contributed by atoms with E-state index in [1.807, 2.05) is 12.1 Å². The average Bonchev–Trinajstić information content (AvgIpc) is 3.13. The van der Waals surface area contributed by atoms with Gasteiger partial charge in [0.15, 0.2) is 5.65 Å². The zero-order valence-electron chi connectivity index (χ0n) is 16.5. The van der Waals surface area contributed by atoms with Gasteiger partial charge in [0, 0.05) is 10.2 Å². The van der Waals surface area contributed by atoms with Crippen molar-refractivity contribution in [1.82, 2.24) is 15.0 Å². The lowest BCUT2D eigenvalue weighted by Gasteiger charge is -2.10. The number of hydrogen-bond donors (Lipinski definition) is 3. The van der Waals surface area contributed by atoms with Gasteiger partial charge in [-0.05, 0) is 49.4 Å². The molecule has 4 rings (SSSR count). The maximum absolute atomic E-state index is 13.4. The number of benzene rings is 2. The van der Waals surface area contributed by atoms with Crippen molar-refractivity contribution >= 4 is 73.5 Å². The predicted octanol–water partition coefficient (Wildman–Crippen LogP) is 6.56. The molecule has 0 aliphatic heterocycles. The lowest BCUT2D eigenvalue weighted by atomic mass is 10.2. The molecule has 2 aromatic carbocycles. The first-order valence-electron chi connectivity index (χ1n) is 9.36. The number of carbonyl (C=O) groups is 1. The second-order valence-electron chi connectivity index (χ2n) is 6.56. The van der Waals surface area contributed by atoms with Crippen LogP contribution in [0.25, 0.3) is 11.2 Å². The number of halogens is 4. The molecule has 0 bridgehead atoms. The third kappa shape index (κ3) is 4.79. The van der Waals surface area contributed by atoms with Crippen molar-refractivity contribution in [3.05, 3.63) is 68.4 Å². The molecule has 0 spiro atoms. The summed E-state index contributed by atoms with van der Waals surface area (Å²) in [7, 11) is 0. The minimum atomic E-state index is -0.556. The Hall–Kier alpha value is -2.88. The smallest absolute Gasteiger partial charge is 0.261 e. The topological polar surface area (TPSA) is 91.9 Å². The average molecular weight is 539 g/mol. The molecule has 0 unspecified atom stereocenters. The van der Waals surface area contributed by atoms with Gasteiger partial charge in [-0.15, -0.1) is 0 Å². The normalized spacial score (nSPS) is 10.9. The van der Waals surface area contributed by atoms with E-state index in [9.17, 15) is 9.18 Å². The second kappa shape index (κ2) is 9.32. The van der Waals surface area contributed by atoms with Crippen LogP contribution in [0.4, 0.5) is 21.7 Å². The summed E-state index contributed by atoms with van der Waals surface area (Å²) in [5.41, 5.74) is 1.92. The fourth-order valence-corrected chi connectivity index (χ4v) is 3.73. The Morgan fingerprint density at radius 3 is 2.50 bits per heavy atom. The summed E-state index contributed by atoms with van der Waals surface area (Å²) in [5, 5.41) is 5.92. The van der Waals surface area contributed by atoms with Crippen molar-refractivity contribution in [2.24, 2.45) is 0 Å². The molecule has 0 saturated carbocycles. The highest BCUT2D eigenvalue weighted by molar-refractivity contribution is 9.10. The predicted molar refractivity (Wildman–Crippen MR) is 127 cm³/mol. The fourth-order valence-electron chi connectivity index (χ4n) is 2.91. The summed E-state index contributed by atoms with van der Waals surface area (Å²) in [6.45, 7) is 2.10. The number of nitrogens with one attached hydrogen (secondary N) is 3. The number of pyridine rings is 1. The number of anilines is 3. The Labute approximate surface area is 200 Å². The molecular formula is C21H15BrCl2FN5O2. The van der Waals surface area contributed by atoms with Gasteiger partial charge in [0.25, 0.3) is 5.91 Å². The summed E-state index contributed by atoms with van der Waals surface area (Å²) in [4.78, 5) is 24.6. The maximum atomic E-state index is 13.4. The number of aromatic amines is 1. The molecule has 0 saturated heterocycles. The minimum Gasteiger partial charge on any atom is -0.477 e. The Balaban J connectivity index is 1.67. The van der Waals surface area contributed by atoms with Crippen molar-refractivity contribution in [2.75, 3.05) is 17.2 Å². The van der Waals surface area contributed by atoms with Crippen molar-refractivity contribution in [1.29, 1.82) is 0 Å². The fraction of sp³-hybridized carbons (Fsp3) is 0.0952. The number of ether oxygens (including phenoxy) is 1. The van der Waals surface area contributed by atoms with E-state index in [0.717, 1.165) is 16.6 Å². The molecular weight excluding hydrogens is 524 g/mol. The SMILES string of the molecule is CCOc1nc2nc(Nc3c(Cl)cc(F)cc3Cl)[nH]c2cc1C(=O)Nc1ccc(Br)cc1. The van der Waals surface area contributed by atoms with Gasteiger partial charge in [0.1, 0.15) is 11.4 Å². The molecule has 32 heavy (non-hydrogen) atoms. The lowest BCUT2D eigenvalue weighted by Crippen LogP contribution is -2.14. The van der Waals surface area contributed by atoms with Crippen LogP contribution in [0.2, 0.25) is 10.0 Å². The van der Waals surface area contributed by atoms with Crippen LogP contribution in [-0.2, 0) is 0 Å². The number of fused-ring (bicyclic) bond motifs is 1. The lowest BCUT2D eigenvalue weighted by molar-refractivity contribution is 0.102. The number of aromatic nitrogens is 3. The van der Waals surface area contributed by atoms with Crippen LogP contribution < -0.4 is 15.4 Å². The van der Waals surface area contributed by atoms with E-state index in [1.54, 1.807) is 25.1 Å². The van der Waals surface area contributed by atoms with E-state index in [2.05, 4.69) is 41.5 Å². The standard InChI is InChI=1S/C21H15BrCl2FN5O2/c1-2-32-20-13(19(31)26-12-5-3-10(22)4-6-12)9-16-18(29-20)30-21(27-16)28-17-14(23)7-11(25)8-15(17)24/h3-9H,2H2,1H3,(H,26,31)(H2,27,28,29,30). The first-order chi connectivity index (χ1) is 15.3. The highest BCUT2D eigenvalue weighted by Crippen LogP contribution is 2.34. The summed E-state index contributed by atoms with van der Waals surface area (Å²) in [5.74, 6) is -0.542. The molecule has 7 nitrogen and oxygen atoms in total. The van der Waals surface area contributed by atoms with Crippen molar-refractivity contribution in [2.45, 2.75) is 6.92 Å². The van der Waals surface area contributed by atoms with Crippen molar-refractivity contribution < 1.29 is 13.9 Å². The summed E-state index contributed by atoms with van der Waals surface area (Å²) >= 11 is 15.5. The molecule has 1 amide bonds. The molecule has 4 aromatic rings. The van der Waals surface area contributed by atoms with Gasteiger partial charge in [0.2, 0.25) is 11.8 Å². The monoisotopic (exact) mass is 537 g/mol. The number of carbonyl (C=O) groups excluding carboxylic acids is 1. The van der Waals surface area contributed by atoms with E-state index >= 15 is 0 Å². The Morgan fingerprint density at radius 1 is 1.16 bits per heavy atom. The van der Waals surface area contributed by atoms with Gasteiger partial charge >= 0.3 is 0 Å². The van der Waals surface area contributed by atoms with Crippen molar-refractivity contribution in [3.8, 4) is 5.88 Å². The number of rotatable bonds is 6. The highest BCUT2D eigenvalue weighted by Gasteiger charge is 2.19. The van der Waals surface area contributed by atoms with Crippen LogP contribution in [0.5, 0.6) is 5.88 Å². The molecule has 3 N–H and O–H groups in total. The molecule has 0 radical (unpaired) electrons. The first-order valence-corrected chi connectivity index (χ1v) is 10.9. The van der Waals surface area contributed by atoms with Gasteiger partial charge in [-0.1, -0.05) is 39.1 Å². The zero-order valence-corrected chi connectivity index (χ0v) is 19.6.